The molecule has 0 saturated carbocycles. The van der Waals surface area contributed by atoms with Gasteiger partial charge >= 0.3 is 6.18 Å². The molecule has 6 nitrogen and oxygen atoms in total. The fraction of sp³-hybridized carbons (Fsp3) is 0.364. The molecule has 0 amide bonds. The highest BCUT2D eigenvalue weighted by atomic mass is 19.4. The zero-order chi connectivity index (χ0) is 22.3. The van der Waals surface area contributed by atoms with E-state index in [1.165, 1.54) is 17.8 Å². The third-order valence-electron chi connectivity index (χ3n) is 6.15. The summed E-state index contributed by atoms with van der Waals surface area (Å²) < 4.78 is 55.4. The lowest BCUT2D eigenvalue weighted by molar-refractivity contribution is -0.156. The summed E-state index contributed by atoms with van der Waals surface area (Å²) in [5.74, 6) is 0.0447. The predicted molar refractivity (Wildman–Crippen MR) is 110 cm³/mol. The molecule has 0 radical (unpaired) electrons. The summed E-state index contributed by atoms with van der Waals surface area (Å²) in [7, 11) is 0. The van der Waals surface area contributed by atoms with E-state index in [1.807, 2.05) is 16.8 Å². The molecular weight excluding hydrogens is 424 g/mol. The number of alkyl halides is 3. The fourth-order valence-corrected chi connectivity index (χ4v) is 4.61. The number of aromatic nitrogens is 3. The number of fused-ring (bicyclic) bond motifs is 1. The Kier molecular flexibility index (Phi) is 5.44. The molecule has 0 bridgehead atoms. The lowest BCUT2D eigenvalue weighted by Gasteiger charge is -2.25. The van der Waals surface area contributed by atoms with Crippen LogP contribution in [0.5, 0.6) is 0 Å². The van der Waals surface area contributed by atoms with E-state index in [9.17, 15) is 17.6 Å². The number of nitrogens with one attached hydrogen (secondary N) is 3. The molecule has 2 aromatic heterocycles. The van der Waals surface area contributed by atoms with Gasteiger partial charge in [0.25, 0.3) is 0 Å². The van der Waals surface area contributed by atoms with Crippen LogP contribution in [0.15, 0.2) is 49.1 Å². The third kappa shape index (κ3) is 4.13. The average Bonchev–Trinajstić information content (AvgIpc) is 3.44. The van der Waals surface area contributed by atoms with Crippen molar-refractivity contribution in [2.75, 3.05) is 0 Å². The summed E-state index contributed by atoms with van der Waals surface area (Å²) in [6.45, 7) is 0.694. The first-order valence-corrected chi connectivity index (χ1v) is 10.5. The van der Waals surface area contributed by atoms with Crippen molar-refractivity contribution in [3.05, 3.63) is 71.6 Å². The van der Waals surface area contributed by atoms with Crippen molar-refractivity contribution in [2.45, 2.75) is 50.0 Å². The number of hydrazine groups is 2. The monoisotopic (exact) mass is 446 g/mol. The van der Waals surface area contributed by atoms with Crippen molar-refractivity contribution in [1.29, 1.82) is 0 Å². The average molecular weight is 446 g/mol. The first-order valence-electron chi connectivity index (χ1n) is 10.5. The van der Waals surface area contributed by atoms with E-state index in [0.29, 0.717) is 23.5 Å². The van der Waals surface area contributed by atoms with E-state index in [4.69, 9.17) is 0 Å². The highest BCUT2D eigenvalue weighted by Gasteiger charge is 2.48. The van der Waals surface area contributed by atoms with Gasteiger partial charge in [-0.05, 0) is 60.2 Å². The maximum absolute atomic E-state index is 13.6. The maximum atomic E-state index is 13.6. The van der Waals surface area contributed by atoms with Crippen LogP contribution in [0.2, 0.25) is 0 Å². The smallest absolute Gasteiger partial charge is 0.336 e. The molecule has 3 heterocycles. The first-order chi connectivity index (χ1) is 15.4. The molecule has 2 aliphatic rings. The Labute approximate surface area is 182 Å². The number of halogens is 4. The number of imidazole rings is 1. The van der Waals surface area contributed by atoms with E-state index < -0.39 is 18.3 Å². The van der Waals surface area contributed by atoms with Crippen molar-refractivity contribution in [1.82, 2.24) is 30.9 Å². The first kappa shape index (κ1) is 21.0. The molecule has 3 aromatic rings. The van der Waals surface area contributed by atoms with Crippen LogP contribution in [0.25, 0.3) is 11.4 Å². The van der Waals surface area contributed by atoms with Gasteiger partial charge in [-0.25, -0.2) is 20.2 Å². The van der Waals surface area contributed by atoms with Crippen LogP contribution in [-0.2, 0) is 13.0 Å². The summed E-state index contributed by atoms with van der Waals surface area (Å²) in [4.78, 5) is 8.73. The second-order valence-corrected chi connectivity index (χ2v) is 8.27. The van der Waals surface area contributed by atoms with Crippen molar-refractivity contribution in [3.8, 4) is 11.4 Å². The van der Waals surface area contributed by atoms with Gasteiger partial charge in [0.1, 0.15) is 17.6 Å². The zero-order valence-corrected chi connectivity index (χ0v) is 17.0. The largest absolute Gasteiger partial charge is 0.407 e. The standard InChI is InChI=1S/C22H22F4N6/c23-16-4-5-17-13(8-16)2-1-3-15(17)10-32-11-19(28-12-32)18-9-14(6-7-27-18)20-21(22(24,25)26)30-31-29-20/h4-9,11-12,15,20-21,29-31H,1-3,10H2. The summed E-state index contributed by atoms with van der Waals surface area (Å²) in [6.07, 6.45) is 3.53. The normalized spacial score (nSPS) is 23.3. The Balaban J connectivity index is 1.36. The SMILES string of the molecule is Fc1ccc2c(c1)CCCC2Cn1cnc(-c2cc(C3NNNC3C(F)(F)F)ccn2)c1. The summed E-state index contributed by atoms with van der Waals surface area (Å²) in [6, 6.07) is 5.42. The molecular formula is C22H22F4N6. The summed E-state index contributed by atoms with van der Waals surface area (Å²) in [5, 5.41) is 0. The minimum atomic E-state index is -4.41. The van der Waals surface area contributed by atoms with E-state index in [2.05, 4.69) is 26.4 Å². The fourth-order valence-electron chi connectivity index (χ4n) is 4.61. The van der Waals surface area contributed by atoms with Crippen LogP contribution < -0.4 is 16.4 Å². The number of nitrogens with zero attached hydrogens (tertiary/aromatic N) is 3. The number of rotatable bonds is 4. The van der Waals surface area contributed by atoms with Gasteiger partial charge in [-0.15, -0.1) is 0 Å². The molecule has 1 aliphatic heterocycles. The Morgan fingerprint density at radius 1 is 1.06 bits per heavy atom. The van der Waals surface area contributed by atoms with Gasteiger partial charge in [-0.2, -0.15) is 18.7 Å². The maximum Gasteiger partial charge on any atom is 0.407 e. The van der Waals surface area contributed by atoms with Gasteiger partial charge < -0.3 is 4.57 Å². The van der Waals surface area contributed by atoms with Crippen LogP contribution in [0.1, 0.15) is 41.5 Å². The second-order valence-electron chi connectivity index (χ2n) is 8.27. The number of hydrogen-bond acceptors (Lipinski definition) is 5. The molecule has 1 fully saturated rings. The van der Waals surface area contributed by atoms with Crippen LogP contribution >= 0.6 is 0 Å². The highest BCUT2D eigenvalue weighted by molar-refractivity contribution is 5.54. The molecule has 10 heteroatoms. The van der Waals surface area contributed by atoms with Crippen LogP contribution in [0.4, 0.5) is 17.6 Å². The van der Waals surface area contributed by atoms with Crippen LogP contribution in [-0.4, -0.2) is 26.8 Å². The molecule has 5 rings (SSSR count). The minimum absolute atomic E-state index is 0.213. The van der Waals surface area contributed by atoms with Gasteiger partial charge in [-0.3, -0.25) is 4.98 Å². The molecule has 3 unspecified atom stereocenters. The number of aryl methyl sites for hydroxylation is 1. The number of benzene rings is 1. The topological polar surface area (TPSA) is 66.8 Å². The lowest BCUT2D eigenvalue weighted by atomic mass is 9.82. The van der Waals surface area contributed by atoms with E-state index in [1.54, 1.807) is 24.5 Å². The molecule has 32 heavy (non-hydrogen) atoms. The van der Waals surface area contributed by atoms with Gasteiger partial charge in [0.05, 0.1) is 18.1 Å². The molecule has 3 atom stereocenters. The zero-order valence-electron chi connectivity index (χ0n) is 17.0. The summed E-state index contributed by atoms with van der Waals surface area (Å²) >= 11 is 0. The van der Waals surface area contributed by atoms with Gasteiger partial charge in [0, 0.05) is 24.9 Å². The van der Waals surface area contributed by atoms with Crippen molar-refractivity contribution in [3.63, 3.8) is 0 Å². The lowest BCUT2D eigenvalue weighted by Crippen LogP contribution is -2.43. The molecule has 1 aromatic carbocycles. The van der Waals surface area contributed by atoms with Crippen LogP contribution in [0, 0.1) is 5.82 Å². The quantitative estimate of drug-likeness (QED) is 0.533. The number of pyridine rings is 1. The van der Waals surface area contributed by atoms with E-state index in [-0.39, 0.29) is 11.7 Å². The minimum Gasteiger partial charge on any atom is -0.336 e. The third-order valence-corrected chi connectivity index (χ3v) is 6.15. The van der Waals surface area contributed by atoms with E-state index >= 15 is 0 Å². The highest BCUT2D eigenvalue weighted by Crippen LogP contribution is 2.34. The van der Waals surface area contributed by atoms with Gasteiger partial charge in [0.2, 0.25) is 0 Å². The molecule has 0 spiro atoms. The number of hydrogen-bond donors (Lipinski definition) is 3. The Bertz CT molecular complexity index is 1110. The Morgan fingerprint density at radius 3 is 2.78 bits per heavy atom. The molecule has 1 aliphatic carbocycles. The van der Waals surface area contributed by atoms with Crippen molar-refractivity contribution in [2.24, 2.45) is 0 Å². The second kappa shape index (κ2) is 8.27. The summed E-state index contributed by atoms with van der Waals surface area (Å²) in [5.41, 5.74) is 11.0. The molecule has 1 saturated heterocycles. The van der Waals surface area contributed by atoms with Crippen molar-refractivity contribution < 1.29 is 17.6 Å². The van der Waals surface area contributed by atoms with Gasteiger partial charge in [-0.1, -0.05) is 6.07 Å². The molecule has 168 valence electrons. The van der Waals surface area contributed by atoms with Crippen molar-refractivity contribution >= 4 is 0 Å². The molecule has 3 N–H and O–H groups in total. The predicted octanol–water partition coefficient (Wildman–Crippen LogP) is 3.79. The Hall–Kier alpha value is -2.82. The Morgan fingerprint density at radius 2 is 1.94 bits per heavy atom. The van der Waals surface area contributed by atoms with E-state index in [0.717, 1.165) is 24.8 Å². The van der Waals surface area contributed by atoms with Crippen LogP contribution in [0.3, 0.4) is 0 Å². The van der Waals surface area contributed by atoms with Gasteiger partial charge in [0.15, 0.2) is 0 Å².